The monoisotopic (exact) mass is 340 g/mol. The Morgan fingerprint density at radius 2 is 2.00 bits per heavy atom. The van der Waals surface area contributed by atoms with E-state index in [9.17, 15) is 0 Å². The van der Waals surface area contributed by atoms with Gasteiger partial charge in [0.05, 0.1) is 11.1 Å². The first-order valence-electron chi connectivity index (χ1n) is 4.38. The predicted molar refractivity (Wildman–Crippen MR) is 67.3 cm³/mol. The molecular formula is C10H11Br2ClO. The number of alkyl halides is 1. The van der Waals surface area contributed by atoms with Crippen LogP contribution in [0.2, 0.25) is 0 Å². The fraction of sp³-hybridized carbons (Fsp3) is 0.400. The number of ether oxygens (including phenoxy) is 1. The Kier molecular flexibility index (Phi) is 5.90. The molecule has 0 saturated heterocycles. The van der Waals surface area contributed by atoms with Crippen LogP contribution in [-0.2, 0) is 0 Å². The van der Waals surface area contributed by atoms with Crippen molar-refractivity contribution in [1.82, 2.24) is 0 Å². The fourth-order valence-electron chi connectivity index (χ4n) is 0.971. The molecule has 0 heterocycles. The zero-order valence-electron chi connectivity index (χ0n) is 7.60. The molecule has 0 aromatic heterocycles. The topological polar surface area (TPSA) is 9.23 Å². The lowest BCUT2D eigenvalue weighted by atomic mass is 10.3. The molecule has 1 nitrogen and oxygen atoms in total. The Morgan fingerprint density at radius 1 is 1.21 bits per heavy atom. The fourth-order valence-corrected chi connectivity index (χ4v) is 2.32. The van der Waals surface area contributed by atoms with E-state index in [1.807, 2.05) is 18.2 Å². The van der Waals surface area contributed by atoms with E-state index in [2.05, 4.69) is 31.9 Å². The van der Waals surface area contributed by atoms with Crippen LogP contribution < -0.4 is 4.74 Å². The lowest BCUT2D eigenvalue weighted by molar-refractivity contribution is 0.308. The van der Waals surface area contributed by atoms with E-state index in [4.69, 9.17) is 16.3 Å². The first-order valence-corrected chi connectivity index (χ1v) is 6.50. The van der Waals surface area contributed by atoms with E-state index >= 15 is 0 Å². The molecule has 1 aromatic rings. The first-order chi connectivity index (χ1) is 6.74. The summed E-state index contributed by atoms with van der Waals surface area (Å²) < 4.78 is 7.58. The minimum absolute atomic E-state index is 0.699. The number of halogens is 3. The highest BCUT2D eigenvalue weighted by Gasteiger charge is 2.00. The van der Waals surface area contributed by atoms with Gasteiger partial charge in [-0.3, -0.25) is 0 Å². The van der Waals surface area contributed by atoms with Crippen LogP contribution in [0.1, 0.15) is 12.8 Å². The molecule has 0 amide bonds. The minimum Gasteiger partial charge on any atom is -0.492 e. The van der Waals surface area contributed by atoms with E-state index in [1.54, 1.807) is 0 Å². The van der Waals surface area contributed by atoms with Gasteiger partial charge in [0, 0.05) is 10.4 Å². The summed E-state index contributed by atoms with van der Waals surface area (Å²) in [5, 5.41) is 0. The summed E-state index contributed by atoms with van der Waals surface area (Å²) in [6.45, 7) is 0.715. The maximum Gasteiger partial charge on any atom is 0.133 e. The summed E-state index contributed by atoms with van der Waals surface area (Å²) in [4.78, 5) is 0. The molecular weight excluding hydrogens is 331 g/mol. The normalized spacial score (nSPS) is 10.2. The molecule has 0 atom stereocenters. The Morgan fingerprint density at radius 3 is 2.64 bits per heavy atom. The van der Waals surface area contributed by atoms with Crippen LogP contribution in [0.4, 0.5) is 0 Å². The van der Waals surface area contributed by atoms with Gasteiger partial charge >= 0.3 is 0 Å². The molecule has 0 radical (unpaired) electrons. The van der Waals surface area contributed by atoms with Crippen molar-refractivity contribution < 1.29 is 4.74 Å². The molecule has 78 valence electrons. The molecule has 0 aliphatic carbocycles. The van der Waals surface area contributed by atoms with Crippen LogP contribution in [0.3, 0.4) is 0 Å². The van der Waals surface area contributed by atoms with Crippen LogP contribution in [0.25, 0.3) is 0 Å². The highest BCUT2D eigenvalue weighted by Crippen LogP contribution is 2.28. The third-order valence-electron chi connectivity index (χ3n) is 1.68. The van der Waals surface area contributed by atoms with Crippen molar-refractivity contribution >= 4 is 43.5 Å². The number of unbranched alkanes of at least 4 members (excludes halogenated alkanes) is 1. The standard InChI is InChI=1S/C10H11Br2ClO/c11-8-3-4-10(9(12)7-8)14-6-2-1-5-13/h3-4,7H,1-2,5-6H2. The largest absolute Gasteiger partial charge is 0.492 e. The number of benzene rings is 1. The van der Waals surface area contributed by atoms with Crippen LogP contribution in [-0.4, -0.2) is 12.5 Å². The van der Waals surface area contributed by atoms with Crippen molar-refractivity contribution in [2.75, 3.05) is 12.5 Å². The molecule has 4 heteroatoms. The highest BCUT2D eigenvalue weighted by molar-refractivity contribution is 9.11. The van der Waals surface area contributed by atoms with Gasteiger partial charge < -0.3 is 4.74 Å². The first kappa shape index (κ1) is 12.3. The maximum atomic E-state index is 5.57. The van der Waals surface area contributed by atoms with E-state index < -0.39 is 0 Å². The van der Waals surface area contributed by atoms with E-state index in [0.717, 1.165) is 27.5 Å². The van der Waals surface area contributed by atoms with Gasteiger partial charge in [0.15, 0.2) is 0 Å². The van der Waals surface area contributed by atoms with Crippen molar-refractivity contribution in [3.8, 4) is 5.75 Å². The molecule has 0 aliphatic heterocycles. The Balaban J connectivity index is 2.42. The third-order valence-corrected chi connectivity index (χ3v) is 3.06. The average molecular weight is 342 g/mol. The van der Waals surface area contributed by atoms with Gasteiger partial charge in [-0.25, -0.2) is 0 Å². The molecule has 0 spiro atoms. The third kappa shape index (κ3) is 4.20. The molecule has 14 heavy (non-hydrogen) atoms. The van der Waals surface area contributed by atoms with Crippen LogP contribution in [0.15, 0.2) is 27.1 Å². The van der Waals surface area contributed by atoms with Gasteiger partial charge in [0.25, 0.3) is 0 Å². The van der Waals surface area contributed by atoms with Crippen molar-refractivity contribution in [3.63, 3.8) is 0 Å². The van der Waals surface area contributed by atoms with Gasteiger partial charge in [-0.15, -0.1) is 11.6 Å². The SMILES string of the molecule is ClCCCCOc1ccc(Br)cc1Br. The second kappa shape index (κ2) is 6.70. The number of rotatable bonds is 5. The predicted octanol–water partition coefficient (Wildman–Crippen LogP) is 4.61. The Hall–Kier alpha value is 0.270. The lowest BCUT2D eigenvalue weighted by Crippen LogP contribution is -1.98. The van der Waals surface area contributed by atoms with E-state index in [0.29, 0.717) is 12.5 Å². The van der Waals surface area contributed by atoms with Gasteiger partial charge in [-0.05, 0) is 47.0 Å². The average Bonchev–Trinajstić information content (AvgIpc) is 2.15. The summed E-state index contributed by atoms with van der Waals surface area (Å²) in [6.07, 6.45) is 1.99. The molecule has 1 rings (SSSR count). The van der Waals surface area contributed by atoms with Crippen LogP contribution in [0.5, 0.6) is 5.75 Å². The molecule has 0 unspecified atom stereocenters. The summed E-state index contributed by atoms with van der Waals surface area (Å²) in [5.74, 6) is 1.58. The smallest absolute Gasteiger partial charge is 0.133 e. The van der Waals surface area contributed by atoms with E-state index in [1.165, 1.54) is 0 Å². The van der Waals surface area contributed by atoms with Crippen molar-refractivity contribution in [3.05, 3.63) is 27.1 Å². The second-order valence-electron chi connectivity index (χ2n) is 2.82. The highest BCUT2D eigenvalue weighted by atomic mass is 79.9. The molecule has 0 saturated carbocycles. The quantitative estimate of drug-likeness (QED) is 0.561. The Labute approximate surface area is 106 Å². The summed E-state index contributed by atoms with van der Waals surface area (Å²) >= 11 is 12.4. The summed E-state index contributed by atoms with van der Waals surface area (Å²) in [7, 11) is 0. The van der Waals surface area contributed by atoms with Crippen molar-refractivity contribution in [1.29, 1.82) is 0 Å². The Bertz CT molecular complexity index is 291. The van der Waals surface area contributed by atoms with Crippen LogP contribution >= 0.6 is 43.5 Å². The van der Waals surface area contributed by atoms with Crippen LogP contribution in [0, 0.1) is 0 Å². The summed E-state index contributed by atoms with van der Waals surface area (Å²) in [5.41, 5.74) is 0. The molecule has 0 fully saturated rings. The molecule has 0 N–H and O–H groups in total. The second-order valence-corrected chi connectivity index (χ2v) is 4.97. The number of hydrogen-bond acceptors (Lipinski definition) is 1. The molecule has 0 bridgehead atoms. The van der Waals surface area contributed by atoms with Gasteiger partial charge in [-0.2, -0.15) is 0 Å². The lowest BCUT2D eigenvalue weighted by Gasteiger charge is -2.07. The van der Waals surface area contributed by atoms with Gasteiger partial charge in [-0.1, -0.05) is 15.9 Å². The number of hydrogen-bond donors (Lipinski definition) is 0. The molecule has 1 aromatic carbocycles. The van der Waals surface area contributed by atoms with Crippen molar-refractivity contribution in [2.24, 2.45) is 0 Å². The van der Waals surface area contributed by atoms with Crippen molar-refractivity contribution in [2.45, 2.75) is 12.8 Å². The zero-order valence-corrected chi connectivity index (χ0v) is 11.5. The van der Waals surface area contributed by atoms with Gasteiger partial charge in [0.2, 0.25) is 0 Å². The summed E-state index contributed by atoms with van der Waals surface area (Å²) in [6, 6.07) is 5.87. The van der Waals surface area contributed by atoms with Gasteiger partial charge in [0.1, 0.15) is 5.75 Å². The zero-order chi connectivity index (χ0) is 10.4. The minimum atomic E-state index is 0.699. The maximum absolute atomic E-state index is 5.57. The molecule has 0 aliphatic rings. The van der Waals surface area contributed by atoms with E-state index in [-0.39, 0.29) is 0 Å².